The molecule has 3 aromatic rings. The van der Waals surface area contributed by atoms with E-state index < -0.39 is 5.97 Å². The van der Waals surface area contributed by atoms with Gasteiger partial charge in [0.1, 0.15) is 5.58 Å². The van der Waals surface area contributed by atoms with E-state index in [2.05, 4.69) is 11.0 Å². The Bertz CT molecular complexity index is 1040. The van der Waals surface area contributed by atoms with Crippen molar-refractivity contribution in [2.24, 2.45) is 0 Å². The molecule has 0 amide bonds. The molecule has 0 bridgehead atoms. The molecule has 2 aromatic carbocycles. The van der Waals surface area contributed by atoms with E-state index >= 15 is 0 Å². The number of rotatable bonds is 6. The summed E-state index contributed by atoms with van der Waals surface area (Å²) in [4.78, 5) is 14.8. The van der Waals surface area contributed by atoms with E-state index in [-0.39, 0.29) is 0 Å². The van der Waals surface area contributed by atoms with E-state index in [1.807, 2.05) is 30.3 Å². The number of nitrogens with zero attached hydrogens (tertiary/aromatic N) is 1. The standard InChI is InChI=1S/C23H25NO5/c1-4-28-23(25)22-18(17-7-5-6-8-19(17)29-22)14-24-10-9-15-11-20(26-2)21(27-3)12-16(15)13-24/h5-8,11-12H,4,9-10,13-14H2,1-3H3. The van der Waals surface area contributed by atoms with Gasteiger partial charge in [0, 0.05) is 30.6 Å². The maximum Gasteiger partial charge on any atom is 0.374 e. The van der Waals surface area contributed by atoms with Crippen LogP contribution in [0.4, 0.5) is 0 Å². The van der Waals surface area contributed by atoms with Crippen LogP contribution >= 0.6 is 0 Å². The first-order chi connectivity index (χ1) is 14.1. The summed E-state index contributed by atoms with van der Waals surface area (Å²) in [6.07, 6.45) is 0.903. The van der Waals surface area contributed by atoms with Crippen molar-refractivity contribution >= 4 is 16.9 Å². The fourth-order valence-corrected chi connectivity index (χ4v) is 3.92. The van der Waals surface area contributed by atoms with Gasteiger partial charge in [0.05, 0.1) is 20.8 Å². The Balaban J connectivity index is 1.64. The minimum Gasteiger partial charge on any atom is -0.493 e. The molecule has 0 N–H and O–H groups in total. The molecule has 29 heavy (non-hydrogen) atoms. The topological polar surface area (TPSA) is 61.1 Å². The molecule has 152 valence electrons. The van der Waals surface area contributed by atoms with Crippen molar-refractivity contribution in [1.29, 1.82) is 0 Å². The molecule has 1 aromatic heterocycles. The van der Waals surface area contributed by atoms with Crippen LogP contribution in [0, 0.1) is 0 Å². The largest absolute Gasteiger partial charge is 0.493 e. The molecule has 0 radical (unpaired) electrons. The molecule has 0 saturated heterocycles. The molecular weight excluding hydrogens is 370 g/mol. The van der Waals surface area contributed by atoms with Crippen LogP contribution in [0.5, 0.6) is 11.5 Å². The lowest BCUT2D eigenvalue weighted by Gasteiger charge is -2.29. The molecule has 6 heteroatoms. The van der Waals surface area contributed by atoms with Gasteiger partial charge in [-0.25, -0.2) is 4.79 Å². The Labute approximate surface area is 170 Å². The SMILES string of the molecule is CCOC(=O)c1oc2ccccc2c1CN1CCc2cc(OC)c(OC)cc2C1. The van der Waals surface area contributed by atoms with Crippen LogP contribution in [0.3, 0.4) is 0 Å². The highest BCUT2D eigenvalue weighted by Crippen LogP contribution is 2.34. The third-order valence-corrected chi connectivity index (χ3v) is 5.34. The minimum atomic E-state index is -0.414. The maximum atomic E-state index is 12.5. The Hall–Kier alpha value is -2.99. The molecular formula is C23H25NO5. The monoisotopic (exact) mass is 395 g/mol. The summed E-state index contributed by atoms with van der Waals surface area (Å²) < 4.78 is 22.0. The minimum absolute atomic E-state index is 0.297. The predicted molar refractivity (Wildman–Crippen MR) is 110 cm³/mol. The average Bonchev–Trinajstić information content (AvgIpc) is 3.11. The lowest BCUT2D eigenvalue weighted by molar-refractivity contribution is 0.0489. The van der Waals surface area contributed by atoms with Gasteiger partial charge in [-0.2, -0.15) is 0 Å². The van der Waals surface area contributed by atoms with Crippen molar-refractivity contribution in [3.05, 3.63) is 58.8 Å². The first-order valence-electron chi connectivity index (χ1n) is 9.78. The van der Waals surface area contributed by atoms with Crippen molar-refractivity contribution < 1.29 is 23.4 Å². The Morgan fingerprint density at radius 2 is 1.83 bits per heavy atom. The summed E-state index contributed by atoms with van der Waals surface area (Å²) in [6.45, 7) is 4.36. The molecule has 1 aliphatic rings. The molecule has 1 aliphatic heterocycles. The number of furan rings is 1. The maximum absolute atomic E-state index is 12.5. The first kappa shape index (κ1) is 19.3. The highest BCUT2D eigenvalue weighted by molar-refractivity contribution is 5.96. The Morgan fingerprint density at radius 1 is 1.10 bits per heavy atom. The van der Waals surface area contributed by atoms with Gasteiger partial charge in [-0.3, -0.25) is 4.90 Å². The number of hydrogen-bond donors (Lipinski definition) is 0. The van der Waals surface area contributed by atoms with Gasteiger partial charge in [0.25, 0.3) is 0 Å². The predicted octanol–water partition coefficient (Wildman–Crippen LogP) is 4.19. The third-order valence-electron chi connectivity index (χ3n) is 5.34. The summed E-state index contributed by atoms with van der Waals surface area (Å²) in [5, 5.41) is 0.952. The molecule has 4 rings (SSSR count). The second kappa shape index (κ2) is 8.17. The summed E-state index contributed by atoms with van der Waals surface area (Å²) >= 11 is 0. The molecule has 2 heterocycles. The number of methoxy groups -OCH3 is 2. The first-order valence-corrected chi connectivity index (χ1v) is 9.78. The summed E-state index contributed by atoms with van der Waals surface area (Å²) in [7, 11) is 3.30. The van der Waals surface area contributed by atoms with Crippen LogP contribution < -0.4 is 9.47 Å². The molecule has 0 unspecified atom stereocenters. The lowest BCUT2D eigenvalue weighted by atomic mass is 9.98. The van der Waals surface area contributed by atoms with Crippen LogP contribution in [0.15, 0.2) is 40.8 Å². The lowest BCUT2D eigenvalue weighted by Crippen LogP contribution is -2.30. The summed E-state index contributed by atoms with van der Waals surface area (Å²) in [5.74, 6) is 1.37. The normalized spacial score (nSPS) is 13.9. The number of benzene rings is 2. The average molecular weight is 395 g/mol. The van der Waals surface area contributed by atoms with Gasteiger partial charge in [0.2, 0.25) is 5.76 Å². The second-order valence-corrected chi connectivity index (χ2v) is 7.06. The highest BCUT2D eigenvalue weighted by Gasteiger charge is 2.26. The van der Waals surface area contributed by atoms with Crippen molar-refractivity contribution in [1.82, 2.24) is 4.90 Å². The summed E-state index contributed by atoms with van der Waals surface area (Å²) in [6, 6.07) is 11.8. The molecule has 0 atom stereocenters. The fraction of sp³-hybridized carbons (Fsp3) is 0.348. The van der Waals surface area contributed by atoms with Gasteiger partial charge >= 0.3 is 5.97 Å². The fourth-order valence-electron chi connectivity index (χ4n) is 3.92. The zero-order valence-electron chi connectivity index (χ0n) is 17.0. The number of fused-ring (bicyclic) bond motifs is 2. The third kappa shape index (κ3) is 3.68. The Kier molecular flexibility index (Phi) is 5.45. The molecule has 0 spiro atoms. The summed E-state index contributed by atoms with van der Waals surface area (Å²) in [5.41, 5.74) is 4.05. The number of para-hydroxylation sites is 1. The zero-order valence-corrected chi connectivity index (χ0v) is 17.0. The van der Waals surface area contributed by atoms with Gasteiger partial charge in [-0.15, -0.1) is 0 Å². The molecule has 0 fully saturated rings. The van der Waals surface area contributed by atoms with Gasteiger partial charge < -0.3 is 18.6 Å². The molecule has 0 saturated carbocycles. The number of hydrogen-bond acceptors (Lipinski definition) is 6. The number of carbonyl (C=O) groups excluding carboxylic acids is 1. The van der Waals surface area contributed by atoms with E-state index in [1.165, 1.54) is 11.1 Å². The smallest absolute Gasteiger partial charge is 0.374 e. The van der Waals surface area contributed by atoms with E-state index in [4.69, 9.17) is 18.6 Å². The quantitative estimate of drug-likeness (QED) is 0.584. The van der Waals surface area contributed by atoms with Crippen LogP contribution in [0.1, 0.15) is 34.2 Å². The second-order valence-electron chi connectivity index (χ2n) is 7.06. The van der Waals surface area contributed by atoms with Gasteiger partial charge in [-0.05, 0) is 42.7 Å². The van der Waals surface area contributed by atoms with Gasteiger partial charge in [-0.1, -0.05) is 18.2 Å². The van der Waals surface area contributed by atoms with E-state index in [0.717, 1.165) is 42.0 Å². The van der Waals surface area contributed by atoms with Crippen LogP contribution in [-0.4, -0.2) is 38.2 Å². The van der Waals surface area contributed by atoms with Crippen molar-refractivity contribution in [3.8, 4) is 11.5 Å². The molecule has 0 aliphatic carbocycles. The van der Waals surface area contributed by atoms with E-state index in [0.29, 0.717) is 24.5 Å². The van der Waals surface area contributed by atoms with E-state index in [9.17, 15) is 4.79 Å². The van der Waals surface area contributed by atoms with Crippen LogP contribution in [0.25, 0.3) is 11.0 Å². The van der Waals surface area contributed by atoms with Crippen LogP contribution in [-0.2, 0) is 24.2 Å². The number of esters is 1. The number of carbonyl (C=O) groups is 1. The van der Waals surface area contributed by atoms with Crippen molar-refractivity contribution in [3.63, 3.8) is 0 Å². The number of ether oxygens (including phenoxy) is 3. The van der Waals surface area contributed by atoms with Crippen LogP contribution in [0.2, 0.25) is 0 Å². The zero-order chi connectivity index (χ0) is 20.4. The van der Waals surface area contributed by atoms with E-state index in [1.54, 1.807) is 21.1 Å². The van der Waals surface area contributed by atoms with Crippen molar-refractivity contribution in [2.45, 2.75) is 26.4 Å². The van der Waals surface area contributed by atoms with Gasteiger partial charge in [0.15, 0.2) is 11.5 Å². The highest BCUT2D eigenvalue weighted by atomic mass is 16.5. The van der Waals surface area contributed by atoms with Crippen molar-refractivity contribution in [2.75, 3.05) is 27.4 Å². The Morgan fingerprint density at radius 3 is 2.55 bits per heavy atom. The molecule has 6 nitrogen and oxygen atoms in total.